The minimum absolute atomic E-state index is 0.0304. The van der Waals surface area contributed by atoms with Gasteiger partial charge in [0.15, 0.2) is 0 Å². The van der Waals surface area contributed by atoms with Gasteiger partial charge in [-0.15, -0.1) is 0 Å². The van der Waals surface area contributed by atoms with E-state index in [0.717, 1.165) is 56.6 Å². The molecule has 4 heterocycles. The van der Waals surface area contributed by atoms with Crippen LogP contribution in [-0.2, 0) is 6.54 Å². The number of fused-ring (bicyclic) bond motifs is 1. The molecule has 2 aromatic heterocycles. The normalized spacial score (nSPS) is 20.4. The van der Waals surface area contributed by atoms with E-state index in [-0.39, 0.29) is 5.69 Å². The Labute approximate surface area is 170 Å². The van der Waals surface area contributed by atoms with Gasteiger partial charge in [0.2, 0.25) is 0 Å². The second kappa shape index (κ2) is 8.08. The van der Waals surface area contributed by atoms with Crippen LogP contribution in [-0.4, -0.2) is 61.5 Å². The van der Waals surface area contributed by atoms with E-state index in [0.29, 0.717) is 12.1 Å². The van der Waals surface area contributed by atoms with Crippen LogP contribution in [0.3, 0.4) is 0 Å². The van der Waals surface area contributed by atoms with E-state index < -0.39 is 0 Å². The highest BCUT2D eigenvalue weighted by Gasteiger charge is 2.29. The van der Waals surface area contributed by atoms with Gasteiger partial charge in [-0.2, -0.15) is 0 Å². The zero-order valence-corrected chi connectivity index (χ0v) is 16.7. The number of nitrogens with zero attached hydrogens (tertiary/aromatic N) is 5. The van der Waals surface area contributed by atoms with Crippen molar-refractivity contribution < 1.29 is 0 Å². The lowest BCUT2D eigenvalue weighted by Crippen LogP contribution is -2.48. The van der Waals surface area contributed by atoms with Gasteiger partial charge in [0.25, 0.3) is 0 Å². The van der Waals surface area contributed by atoms with Gasteiger partial charge in [-0.25, -0.2) is 14.8 Å². The number of benzene rings is 1. The maximum absolute atomic E-state index is 12.5. The molecule has 152 valence electrons. The van der Waals surface area contributed by atoms with Crippen molar-refractivity contribution in [2.24, 2.45) is 0 Å². The van der Waals surface area contributed by atoms with Gasteiger partial charge in [-0.3, -0.25) is 9.47 Å². The standard InChI is InChI=1S/C22H28N6O/c29-22-25-20-3-1-2-4-21(20)28(22)19-7-11-27(12-8-19)18-5-9-26(10-6-18)15-17-13-23-16-24-14-17/h1-4,13-14,16,18-19H,5-12,15H2,(H,25,29). The third-order valence-electron chi connectivity index (χ3n) is 6.58. The number of para-hydroxylation sites is 2. The molecule has 2 fully saturated rings. The molecule has 0 unspecified atom stereocenters. The predicted molar refractivity (Wildman–Crippen MR) is 113 cm³/mol. The summed E-state index contributed by atoms with van der Waals surface area (Å²) in [6.07, 6.45) is 9.93. The molecule has 29 heavy (non-hydrogen) atoms. The van der Waals surface area contributed by atoms with Gasteiger partial charge in [0, 0.05) is 49.7 Å². The van der Waals surface area contributed by atoms with E-state index in [4.69, 9.17) is 0 Å². The Morgan fingerprint density at radius 3 is 2.38 bits per heavy atom. The van der Waals surface area contributed by atoms with Gasteiger partial charge in [-0.05, 0) is 50.9 Å². The van der Waals surface area contributed by atoms with Crippen LogP contribution in [0.15, 0.2) is 47.8 Å². The number of hydrogen-bond acceptors (Lipinski definition) is 5. The minimum Gasteiger partial charge on any atom is -0.306 e. The quantitative estimate of drug-likeness (QED) is 0.738. The van der Waals surface area contributed by atoms with Gasteiger partial charge in [-0.1, -0.05) is 12.1 Å². The van der Waals surface area contributed by atoms with Crippen molar-refractivity contribution in [3.05, 3.63) is 59.0 Å². The van der Waals surface area contributed by atoms with Crippen molar-refractivity contribution in [2.75, 3.05) is 26.2 Å². The largest absolute Gasteiger partial charge is 0.326 e. The summed E-state index contributed by atoms with van der Waals surface area (Å²) in [4.78, 5) is 28.9. The topological polar surface area (TPSA) is 70.1 Å². The number of piperidine rings is 2. The number of likely N-dealkylation sites (tertiary alicyclic amines) is 2. The summed E-state index contributed by atoms with van der Waals surface area (Å²) < 4.78 is 1.98. The average molecular weight is 393 g/mol. The maximum Gasteiger partial charge on any atom is 0.326 e. The van der Waals surface area contributed by atoms with Crippen LogP contribution < -0.4 is 5.69 Å². The fourth-order valence-electron chi connectivity index (χ4n) is 5.06. The first kappa shape index (κ1) is 18.5. The highest BCUT2D eigenvalue weighted by atomic mass is 16.1. The van der Waals surface area contributed by atoms with Crippen molar-refractivity contribution in [3.8, 4) is 0 Å². The summed E-state index contributed by atoms with van der Waals surface area (Å²) >= 11 is 0. The molecule has 3 aromatic rings. The average Bonchev–Trinajstić information content (AvgIpc) is 3.11. The number of H-pyrrole nitrogens is 1. The summed E-state index contributed by atoms with van der Waals surface area (Å²) in [7, 11) is 0. The first-order chi connectivity index (χ1) is 14.3. The summed E-state index contributed by atoms with van der Waals surface area (Å²) in [5.41, 5.74) is 3.20. The predicted octanol–water partition coefficient (Wildman–Crippen LogP) is 2.42. The monoisotopic (exact) mass is 392 g/mol. The Bertz CT molecular complexity index is 997. The van der Waals surface area contributed by atoms with Crippen molar-refractivity contribution >= 4 is 11.0 Å². The highest BCUT2D eigenvalue weighted by molar-refractivity contribution is 5.75. The Balaban J connectivity index is 1.16. The molecule has 7 heteroatoms. The lowest BCUT2D eigenvalue weighted by Gasteiger charge is -2.42. The second-order valence-electron chi connectivity index (χ2n) is 8.34. The van der Waals surface area contributed by atoms with Crippen LogP contribution >= 0.6 is 0 Å². The third kappa shape index (κ3) is 3.84. The Kier molecular flexibility index (Phi) is 5.16. The minimum atomic E-state index is 0.0304. The Morgan fingerprint density at radius 2 is 1.62 bits per heavy atom. The smallest absolute Gasteiger partial charge is 0.306 e. The van der Waals surface area contributed by atoms with Crippen molar-refractivity contribution in [1.29, 1.82) is 0 Å². The van der Waals surface area contributed by atoms with Crippen LogP contribution in [0.5, 0.6) is 0 Å². The van der Waals surface area contributed by atoms with E-state index in [1.54, 1.807) is 6.33 Å². The molecule has 1 N–H and O–H groups in total. The number of nitrogens with one attached hydrogen (secondary N) is 1. The molecule has 0 spiro atoms. The Hall–Kier alpha value is -2.51. The maximum atomic E-state index is 12.5. The molecule has 0 radical (unpaired) electrons. The summed E-state index contributed by atoms with van der Waals surface area (Å²) in [5, 5.41) is 0. The van der Waals surface area contributed by atoms with Crippen LogP contribution in [0.1, 0.15) is 37.3 Å². The molecule has 2 aliphatic rings. The molecular weight excluding hydrogens is 364 g/mol. The van der Waals surface area contributed by atoms with E-state index in [9.17, 15) is 4.79 Å². The molecule has 2 aliphatic heterocycles. The van der Waals surface area contributed by atoms with E-state index in [2.05, 4.69) is 24.8 Å². The molecule has 0 amide bonds. The van der Waals surface area contributed by atoms with Crippen LogP contribution in [0.2, 0.25) is 0 Å². The number of aromatic nitrogens is 4. The number of aromatic amines is 1. The van der Waals surface area contributed by atoms with Gasteiger partial charge in [0.1, 0.15) is 6.33 Å². The summed E-state index contributed by atoms with van der Waals surface area (Å²) in [5.74, 6) is 0. The first-order valence-corrected chi connectivity index (χ1v) is 10.7. The van der Waals surface area contributed by atoms with Crippen molar-refractivity contribution in [2.45, 2.75) is 44.3 Å². The summed E-state index contributed by atoms with van der Waals surface area (Å²) in [6, 6.07) is 8.98. The molecule has 0 atom stereocenters. The molecule has 7 nitrogen and oxygen atoms in total. The van der Waals surface area contributed by atoms with E-state index in [1.165, 1.54) is 18.4 Å². The number of hydrogen-bond donors (Lipinski definition) is 1. The first-order valence-electron chi connectivity index (χ1n) is 10.7. The molecule has 0 bridgehead atoms. The van der Waals surface area contributed by atoms with Crippen molar-refractivity contribution in [1.82, 2.24) is 29.3 Å². The number of imidazole rings is 1. The Morgan fingerprint density at radius 1 is 0.931 bits per heavy atom. The van der Waals surface area contributed by atoms with E-state index in [1.807, 2.05) is 41.2 Å². The summed E-state index contributed by atoms with van der Waals surface area (Å²) in [6.45, 7) is 5.35. The van der Waals surface area contributed by atoms with Crippen LogP contribution in [0.25, 0.3) is 11.0 Å². The van der Waals surface area contributed by atoms with Gasteiger partial charge in [0.05, 0.1) is 11.0 Å². The molecule has 2 saturated heterocycles. The zero-order valence-electron chi connectivity index (χ0n) is 16.7. The van der Waals surface area contributed by atoms with E-state index >= 15 is 0 Å². The molecule has 0 saturated carbocycles. The second-order valence-corrected chi connectivity index (χ2v) is 8.34. The lowest BCUT2D eigenvalue weighted by atomic mass is 9.97. The molecule has 1 aromatic carbocycles. The molecular formula is C22H28N6O. The third-order valence-corrected chi connectivity index (χ3v) is 6.58. The fraction of sp³-hybridized carbons (Fsp3) is 0.500. The molecule has 0 aliphatic carbocycles. The van der Waals surface area contributed by atoms with Crippen molar-refractivity contribution in [3.63, 3.8) is 0 Å². The van der Waals surface area contributed by atoms with Gasteiger partial charge >= 0.3 is 5.69 Å². The van der Waals surface area contributed by atoms with Gasteiger partial charge < -0.3 is 9.88 Å². The lowest BCUT2D eigenvalue weighted by molar-refractivity contribution is 0.0769. The highest BCUT2D eigenvalue weighted by Crippen LogP contribution is 2.28. The van der Waals surface area contributed by atoms with Crippen LogP contribution in [0, 0.1) is 0 Å². The number of rotatable bonds is 4. The van der Waals surface area contributed by atoms with Crippen LogP contribution in [0.4, 0.5) is 0 Å². The SMILES string of the molecule is O=c1[nH]c2ccccc2n1C1CCN(C2CCN(Cc3cncnc3)CC2)CC1. The molecule has 5 rings (SSSR count). The fourth-order valence-corrected chi connectivity index (χ4v) is 5.06. The zero-order chi connectivity index (χ0) is 19.6.